The monoisotopic (exact) mass is 281 g/mol. The molecule has 0 aliphatic carbocycles. The summed E-state index contributed by atoms with van der Waals surface area (Å²) in [5.41, 5.74) is -3.10. The molecule has 0 bridgehead atoms. The lowest BCUT2D eigenvalue weighted by Crippen LogP contribution is -2.63. The van der Waals surface area contributed by atoms with Gasteiger partial charge in [0, 0.05) is 6.07 Å². The highest BCUT2D eigenvalue weighted by atomic mass is 19.4. The fourth-order valence-electron chi connectivity index (χ4n) is 1.02. The first kappa shape index (κ1) is 14.8. The van der Waals surface area contributed by atoms with Crippen LogP contribution >= 0.6 is 0 Å². The van der Waals surface area contributed by atoms with Crippen LogP contribution in [0.25, 0.3) is 0 Å². The van der Waals surface area contributed by atoms with Crippen LogP contribution in [-0.2, 0) is 11.3 Å². The minimum absolute atomic E-state index is 0.199. The SMILES string of the molecule is CC(NC(=O)NCc1ccon1)(C(=O)O)C(F)(F)F. The smallest absolute Gasteiger partial charge is 0.422 e. The summed E-state index contributed by atoms with van der Waals surface area (Å²) in [7, 11) is 0. The first-order valence-corrected chi connectivity index (χ1v) is 4.92. The van der Waals surface area contributed by atoms with Gasteiger partial charge in [-0.1, -0.05) is 5.16 Å². The van der Waals surface area contributed by atoms with E-state index < -0.39 is 23.7 Å². The number of nitrogens with one attached hydrogen (secondary N) is 2. The Bertz CT molecular complexity index is 460. The van der Waals surface area contributed by atoms with Gasteiger partial charge < -0.3 is 20.3 Å². The van der Waals surface area contributed by atoms with E-state index >= 15 is 0 Å². The zero-order valence-corrected chi connectivity index (χ0v) is 9.61. The second-order valence-corrected chi connectivity index (χ2v) is 3.73. The second kappa shape index (κ2) is 5.16. The molecule has 1 aromatic heterocycles. The second-order valence-electron chi connectivity index (χ2n) is 3.73. The van der Waals surface area contributed by atoms with E-state index in [9.17, 15) is 22.8 Å². The molecule has 106 valence electrons. The molecule has 1 rings (SSSR count). The van der Waals surface area contributed by atoms with Crippen molar-refractivity contribution in [3.8, 4) is 0 Å². The van der Waals surface area contributed by atoms with Crippen molar-refractivity contribution in [1.29, 1.82) is 0 Å². The van der Waals surface area contributed by atoms with Crippen LogP contribution in [0.3, 0.4) is 0 Å². The highest BCUT2D eigenvalue weighted by Crippen LogP contribution is 2.30. The zero-order chi connectivity index (χ0) is 14.7. The van der Waals surface area contributed by atoms with Crippen molar-refractivity contribution in [2.45, 2.75) is 25.2 Å². The molecule has 0 aliphatic rings. The van der Waals surface area contributed by atoms with E-state index in [1.54, 1.807) is 0 Å². The maximum absolute atomic E-state index is 12.6. The van der Waals surface area contributed by atoms with E-state index in [-0.39, 0.29) is 12.2 Å². The van der Waals surface area contributed by atoms with Gasteiger partial charge in [0.15, 0.2) is 0 Å². The Kier molecular flexibility index (Phi) is 4.02. The van der Waals surface area contributed by atoms with Crippen molar-refractivity contribution in [2.24, 2.45) is 0 Å². The van der Waals surface area contributed by atoms with Gasteiger partial charge in [0.1, 0.15) is 12.0 Å². The minimum atomic E-state index is -5.13. The lowest BCUT2D eigenvalue weighted by molar-refractivity contribution is -0.203. The molecule has 2 amide bonds. The molecule has 0 spiro atoms. The molecule has 1 heterocycles. The highest BCUT2D eigenvalue weighted by Gasteiger charge is 2.58. The Labute approximate surface area is 104 Å². The number of rotatable bonds is 4. The summed E-state index contributed by atoms with van der Waals surface area (Å²) in [4.78, 5) is 21.9. The molecule has 19 heavy (non-hydrogen) atoms. The molecule has 0 saturated heterocycles. The van der Waals surface area contributed by atoms with Gasteiger partial charge in [-0.05, 0) is 6.92 Å². The standard InChI is InChI=1S/C9H10F3N3O4/c1-8(6(16)17,9(10,11)12)14-7(18)13-4-5-2-3-19-15-5/h2-3H,4H2,1H3,(H,16,17)(H2,13,14,18). The van der Waals surface area contributed by atoms with Crippen molar-refractivity contribution >= 4 is 12.0 Å². The van der Waals surface area contributed by atoms with Gasteiger partial charge in [0.05, 0.1) is 6.54 Å². The van der Waals surface area contributed by atoms with Crippen molar-refractivity contribution in [3.05, 3.63) is 18.0 Å². The van der Waals surface area contributed by atoms with E-state index in [0.29, 0.717) is 6.92 Å². The average Bonchev–Trinajstić information content (AvgIpc) is 2.77. The number of nitrogens with zero attached hydrogens (tertiary/aromatic N) is 1. The van der Waals surface area contributed by atoms with Crippen LogP contribution in [0.1, 0.15) is 12.6 Å². The predicted octanol–water partition coefficient (Wildman–Crippen LogP) is 0.879. The molecule has 10 heteroatoms. The molecule has 0 aromatic carbocycles. The Morgan fingerprint density at radius 1 is 1.47 bits per heavy atom. The third-order valence-electron chi connectivity index (χ3n) is 2.28. The van der Waals surface area contributed by atoms with Crippen molar-refractivity contribution in [1.82, 2.24) is 15.8 Å². The van der Waals surface area contributed by atoms with E-state index in [2.05, 4.69) is 9.68 Å². The zero-order valence-electron chi connectivity index (χ0n) is 9.61. The molecule has 0 radical (unpaired) electrons. The lowest BCUT2D eigenvalue weighted by atomic mass is 10.0. The van der Waals surface area contributed by atoms with Crippen LogP contribution in [0.2, 0.25) is 0 Å². The number of hydrogen-bond donors (Lipinski definition) is 3. The van der Waals surface area contributed by atoms with Gasteiger partial charge >= 0.3 is 18.2 Å². The molecule has 0 saturated carbocycles. The van der Waals surface area contributed by atoms with Crippen LogP contribution < -0.4 is 10.6 Å². The van der Waals surface area contributed by atoms with Gasteiger partial charge in [-0.2, -0.15) is 13.2 Å². The summed E-state index contributed by atoms with van der Waals surface area (Å²) in [6.07, 6.45) is -3.92. The molecular weight excluding hydrogens is 271 g/mol. The van der Waals surface area contributed by atoms with Gasteiger partial charge in [0.25, 0.3) is 0 Å². The van der Waals surface area contributed by atoms with E-state index in [4.69, 9.17) is 5.11 Å². The van der Waals surface area contributed by atoms with Crippen LogP contribution in [-0.4, -0.2) is 34.0 Å². The van der Waals surface area contributed by atoms with Crippen LogP contribution in [0.4, 0.5) is 18.0 Å². The maximum atomic E-state index is 12.6. The fourth-order valence-corrected chi connectivity index (χ4v) is 1.02. The molecular formula is C9H10F3N3O4. The Morgan fingerprint density at radius 2 is 2.11 bits per heavy atom. The molecule has 7 nitrogen and oxygen atoms in total. The van der Waals surface area contributed by atoms with E-state index in [1.807, 2.05) is 5.32 Å². The van der Waals surface area contributed by atoms with Gasteiger partial charge in [-0.15, -0.1) is 0 Å². The van der Waals surface area contributed by atoms with Gasteiger partial charge in [-0.25, -0.2) is 9.59 Å². The number of amides is 2. The predicted molar refractivity (Wildman–Crippen MR) is 54.0 cm³/mol. The first-order valence-electron chi connectivity index (χ1n) is 4.92. The third-order valence-corrected chi connectivity index (χ3v) is 2.28. The summed E-state index contributed by atoms with van der Waals surface area (Å²) in [5.74, 6) is -2.21. The van der Waals surface area contributed by atoms with Crippen LogP contribution in [0.15, 0.2) is 16.9 Å². The summed E-state index contributed by atoms with van der Waals surface area (Å²) < 4.78 is 42.2. The molecule has 1 atom stereocenters. The van der Waals surface area contributed by atoms with Crippen LogP contribution in [0, 0.1) is 0 Å². The van der Waals surface area contributed by atoms with Crippen molar-refractivity contribution < 1.29 is 32.4 Å². The summed E-state index contributed by atoms with van der Waals surface area (Å²) in [5, 5.41) is 15.4. The largest absolute Gasteiger partial charge is 0.479 e. The first-order chi connectivity index (χ1) is 8.67. The van der Waals surface area contributed by atoms with Crippen molar-refractivity contribution in [3.63, 3.8) is 0 Å². The number of aliphatic carboxylic acids is 1. The molecule has 0 aliphatic heterocycles. The highest BCUT2D eigenvalue weighted by molar-refractivity contribution is 5.86. The van der Waals surface area contributed by atoms with E-state index in [0.717, 1.165) is 0 Å². The maximum Gasteiger partial charge on any atom is 0.422 e. The van der Waals surface area contributed by atoms with Crippen molar-refractivity contribution in [2.75, 3.05) is 0 Å². The Morgan fingerprint density at radius 3 is 2.53 bits per heavy atom. The number of halogens is 3. The quantitative estimate of drug-likeness (QED) is 0.760. The molecule has 3 N–H and O–H groups in total. The molecule has 1 aromatic rings. The number of aromatic nitrogens is 1. The Balaban J connectivity index is 2.65. The number of urea groups is 1. The average molecular weight is 281 g/mol. The van der Waals surface area contributed by atoms with Gasteiger partial charge in [-0.3, -0.25) is 0 Å². The molecule has 1 unspecified atom stereocenters. The normalized spacial score (nSPS) is 14.5. The number of carboxylic acid groups (broad SMARTS) is 1. The summed E-state index contributed by atoms with van der Waals surface area (Å²) in [6, 6.07) is 0.102. The van der Waals surface area contributed by atoms with Gasteiger partial charge in [0.2, 0.25) is 5.54 Å². The Hall–Kier alpha value is -2.26. The number of carbonyl (C=O) groups excluding carboxylic acids is 1. The minimum Gasteiger partial charge on any atom is -0.479 e. The lowest BCUT2D eigenvalue weighted by Gasteiger charge is -2.28. The fraction of sp³-hybridized carbons (Fsp3) is 0.444. The number of carboxylic acids is 1. The van der Waals surface area contributed by atoms with Crippen LogP contribution in [0.5, 0.6) is 0 Å². The molecule has 0 fully saturated rings. The number of carbonyl (C=O) groups is 2. The summed E-state index contributed by atoms with van der Waals surface area (Å²) in [6.45, 7) is 0.154. The summed E-state index contributed by atoms with van der Waals surface area (Å²) >= 11 is 0. The topological polar surface area (TPSA) is 104 Å². The third kappa shape index (κ3) is 3.36. The number of hydrogen-bond acceptors (Lipinski definition) is 4. The van der Waals surface area contributed by atoms with E-state index in [1.165, 1.54) is 17.6 Å². The number of alkyl halides is 3.